The topological polar surface area (TPSA) is 58.6 Å². The van der Waals surface area contributed by atoms with Gasteiger partial charge in [0.15, 0.2) is 0 Å². The van der Waals surface area contributed by atoms with Crippen LogP contribution in [0.3, 0.4) is 0 Å². The number of anilines is 1. The Morgan fingerprint density at radius 2 is 1.88 bits per heavy atom. The van der Waals surface area contributed by atoms with Crippen molar-refractivity contribution in [2.24, 2.45) is 5.41 Å². The van der Waals surface area contributed by atoms with Gasteiger partial charge in [0.1, 0.15) is 11.5 Å². The van der Waals surface area contributed by atoms with Crippen molar-refractivity contribution in [2.75, 3.05) is 44.3 Å². The number of carbonyl (C=O) groups is 1. The van der Waals surface area contributed by atoms with Gasteiger partial charge in [0.2, 0.25) is 0 Å². The monoisotopic (exact) mass is 338 g/mol. The van der Waals surface area contributed by atoms with Gasteiger partial charge in [-0.25, -0.2) is 4.98 Å². The Bertz CT molecular complexity index is 725. The maximum Gasteiger partial charge on any atom is 0.272 e. The number of nitrogens with zero attached hydrogens (tertiary/aromatic N) is 4. The number of ether oxygens (including phenoxy) is 1. The van der Waals surface area contributed by atoms with E-state index in [0.29, 0.717) is 32.0 Å². The molecule has 130 valence electrons. The molecule has 0 aromatic carbocycles. The Morgan fingerprint density at radius 3 is 2.64 bits per heavy atom. The largest absolute Gasteiger partial charge is 0.379 e. The fraction of sp³-hybridized carbons (Fsp3) is 0.421. The van der Waals surface area contributed by atoms with Crippen molar-refractivity contribution >= 4 is 11.7 Å². The summed E-state index contributed by atoms with van der Waals surface area (Å²) in [5.74, 6) is 0.980. The van der Waals surface area contributed by atoms with Gasteiger partial charge in [0, 0.05) is 44.0 Å². The van der Waals surface area contributed by atoms with Gasteiger partial charge in [0.05, 0.1) is 13.2 Å². The van der Waals surface area contributed by atoms with E-state index in [9.17, 15) is 4.79 Å². The molecule has 0 unspecified atom stereocenters. The molecule has 1 atom stereocenters. The van der Waals surface area contributed by atoms with Gasteiger partial charge in [-0.05, 0) is 30.7 Å². The standard InChI is InChI=1S/C19H22N4O2/c24-18(16-5-1-3-8-20-16)23-11-12-25-15-19(14-23)7-10-22(13-19)17-6-2-4-9-21-17/h1-6,8-9H,7,10-15H2/t19-/m0/s1. The molecule has 4 heterocycles. The summed E-state index contributed by atoms with van der Waals surface area (Å²) in [7, 11) is 0. The fourth-order valence-corrected chi connectivity index (χ4v) is 3.74. The Balaban J connectivity index is 1.51. The van der Waals surface area contributed by atoms with E-state index < -0.39 is 0 Å². The van der Waals surface area contributed by atoms with Crippen LogP contribution in [0.25, 0.3) is 0 Å². The van der Waals surface area contributed by atoms with Crippen LogP contribution in [0.4, 0.5) is 5.82 Å². The average Bonchev–Trinajstić information content (AvgIpc) is 2.97. The molecular formula is C19H22N4O2. The molecule has 0 bridgehead atoms. The van der Waals surface area contributed by atoms with Crippen LogP contribution in [0.15, 0.2) is 48.8 Å². The minimum absolute atomic E-state index is 0.0123. The smallest absolute Gasteiger partial charge is 0.272 e. The minimum atomic E-state index is -0.0432. The van der Waals surface area contributed by atoms with E-state index in [1.807, 2.05) is 41.4 Å². The van der Waals surface area contributed by atoms with Crippen molar-refractivity contribution in [1.82, 2.24) is 14.9 Å². The third-order valence-corrected chi connectivity index (χ3v) is 5.02. The van der Waals surface area contributed by atoms with E-state index in [1.54, 1.807) is 12.3 Å². The number of amides is 1. The van der Waals surface area contributed by atoms with Gasteiger partial charge < -0.3 is 14.5 Å². The lowest BCUT2D eigenvalue weighted by Gasteiger charge is -2.31. The number of hydrogen-bond donors (Lipinski definition) is 0. The van der Waals surface area contributed by atoms with Crippen LogP contribution in [0, 0.1) is 5.41 Å². The number of pyridine rings is 2. The lowest BCUT2D eigenvalue weighted by molar-refractivity contribution is 0.0686. The van der Waals surface area contributed by atoms with Crippen LogP contribution < -0.4 is 4.90 Å². The van der Waals surface area contributed by atoms with E-state index in [4.69, 9.17) is 4.74 Å². The summed E-state index contributed by atoms with van der Waals surface area (Å²) in [6.45, 7) is 4.36. The van der Waals surface area contributed by atoms with Crippen molar-refractivity contribution < 1.29 is 9.53 Å². The highest BCUT2D eigenvalue weighted by Gasteiger charge is 2.42. The Morgan fingerprint density at radius 1 is 1.04 bits per heavy atom. The highest BCUT2D eigenvalue weighted by Crippen LogP contribution is 2.35. The molecule has 2 aromatic heterocycles. The molecule has 1 spiro atoms. The zero-order valence-electron chi connectivity index (χ0n) is 14.2. The molecule has 0 N–H and O–H groups in total. The van der Waals surface area contributed by atoms with Crippen molar-refractivity contribution in [2.45, 2.75) is 6.42 Å². The first-order valence-electron chi connectivity index (χ1n) is 8.70. The lowest BCUT2D eigenvalue weighted by atomic mass is 9.87. The van der Waals surface area contributed by atoms with Gasteiger partial charge in [-0.2, -0.15) is 0 Å². The van der Waals surface area contributed by atoms with Crippen LogP contribution in [0.2, 0.25) is 0 Å². The fourth-order valence-electron chi connectivity index (χ4n) is 3.74. The van der Waals surface area contributed by atoms with E-state index in [-0.39, 0.29) is 11.3 Å². The minimum Gasteiger partial charge on any atom is -0.379 e. The molecule has 6 nitrogen and oxygen atoms in total. The Kier molecular flexibility index (Phi) is 4.36. The Hall–Kier alpha value is -2.47. The highest BCUT2D eigenvalue weighted by atomic mass is 16.5. The molecule has 2 fully saturated rings. The molecule has 1 amide bonds. The zero-order valence-corrected chi connectivity index (χ0v) is 14.2. The number of carbonyl (C=O) groups excluding carboxylic acids is 1. The molecule has 4 rings (SSSR count). The van der Waals surface area contributed by atoms with Gasteiger partial charge in [-0.3, -0.25) is 9.78 Å². The predicted octanol–water partition coefficient (Wildman–Crippen LogP) is 1.85. The highest BCUT2D eigenvalue weighted by molar-refractivity contribution is 5.92. The zero-order chi connectivity index (χ0) is 17.1. The first-order valence-corrected chi connectivity index (χ1v) is 8.70. The van der Waals surface area contributed by atoms with Crippen molar-refractivity contribution in [3.05, 3.63) is 54.5 Å². The normalized spacial score (nSPS) is 23.7. The summed E-state index contributed by atoms with van der Waals surface area (Å²) in [4.78, 5) is 25.7. The van der Waals surface area contributed by atoms with Crippen molar-refractivity contribution in [1.29, 1.82) is 0 Å². The van der Waals surface area contributed by atoms with Gasteiger partial charge in [-0.15, -0.1) is 0 Å². The van der Waals surface area contributed by atoms with Crippen LogP contribution in [-0.2, 0) is 4.74 Å². The quantitative estimate of drug-likeness (QED) is 0.836. The summed E-state index contributed by atoms with van der Waals surface area (Å²) in [5, 5.41) is 0. The summed E-state index contributed by atoms with van der Waals surface area (Å²) in [5.41, 5.74) is 0.456. The number of rotatable bonds is 2. The van der Waals surface area contributed by atoms with Crippen LogP contribution in [0.5, 0.6) is 0 Å². The van der Waals surface area contributed by atoms with E-state index in [2.05, 4.69) is 14.9 Å². The van der Waals surface area contributed by atoms with Crippen LogP contribution in [0.1, 0.15) is 16.9 Å². The molecule has 0 aliphatic carbocycles. The first-order chi connectivity index (χ1) is 12.3. The Labute approximate surface area is 147 Å². The second-order valence-electron chi connectivity index (χ2n) is 6.85. The summed E-state index contributed by atoms with van der Waals surface area (Å²) < 4.78 is 5.87. The number of hydrogen-bond acceptors (Lipinski definition) is 5. The predicted molar refractivity (Wildman–Crippen MR) is 94.5 cm³/mol. The molecule has 25 heavy (non-hydrogen) atoms. The van der Waals surface area contributed by atoms with E-state index >= 15 is 0 Å². The van der Waals surface area contributed by atoms with Gasteiger partial charge in [-0.1, -0.05) is 12.1 Å². The van der Waals surface area contributed by atoms with Gasteiger partial charge >= 0.3 is 0 Å². The second-order valence-corrected chi connectivity index (χ2v) is 6.85. The summed E-state index contributed by atoms with van der Waals surface area (Å²) in [6, 6.07) is 11.4. The molecule has 2 saturated heterocycles. The van der Waals surface area contributed by atoms with Crippen LogP contribution in [-0.4, -0.2) is 60.2 Å². The molecule has 2 aliphatic heterocycles. The third kappa shape index (κ3) is 3.35. The number of aromatic nitrogens is 2. The van der Waals surface area contributed by atoms with Gasteiger partial charge in [0.25, 0.3) is 5.91 Å². The van der Waals surface area contributed by atoms with E-state index in [1.165, 1.54) is 0 Å². The molecule has 2 aliphatic rings. The van der Waals surface area contributed by atoms with E-state index in [0.717, 1.165) is 25.3 Å². The molecule has 6 heteroatoms. The summed E-state index contributed by atoms with van der Waals surface area (Å²) >= 11 is 0. The SMILES string of the molecule is O=C(c1ccccn1)N1CCOC[C@]2(CCN(c3ccccn3)C2)C1. The molecule has 0 saturated carbocycles. The molecular weight excluding hydrogens is 316 g/mol. The maximum atomic E-state index is 12.8. The lowest BCUT2D eigenvalue weighted by Crippen LogP contribution is -2.43. The third-order valence-electron chi connectivity index (χ3n) is 5.02. The van der Waals surface area contributed by atoms with Crippen molar-refractivity contribution in [3.63, 3.8) is 0 Å². The van der Waals surface area contributed by atoms with Crippen molar-refractivity contribution in [3.8, 4) is 0 Å². The first kappa shape index (κ1) is 16.0. The second kappa shape index (κ2) is 6.80. The molecule has 2 aromatic rings. The molecule has 0 radical (unpaired) electrons. The van der Waals surface area contributed by atoms with Crippen LogP contribution >= 0.6 is 0 Å². The summed E-state index contributed by atoms with van der Waals surface area (Å²) in [6.07, 6.45) is 4.48. The maximum absolute atomic E-state index is 12.8. The average molecular weight is 338 g/mol.